The molecule has 0 saturated carbocycles. The molecule has 0 heterocycles. The molecule has 0 saturated heterocycles. The zero-order valence-corrected chi connectivity index (χ0v) is 36.9. The summed E-state index contributed by atoms with van der Waals surface area (Å²) < 4.78 is 0. The van der Waals surface area contributed by atoms with Crippen LogP contribution in [0, 0.1) is 5.92 Å². The van der Waals surface area contributed by atoms with Crippen LogP contribution in [0.4, 0.5) is 0 Å². The van der Waals surface area contributed by atoms with Crippen LogP contribution >= 0.6 is 24.4 Å². The minimum Gasteiger partial charge on any atom is -0.480 e. The molecule has 6 amide bonds. The first-order chi connectivity index (χ1) is 28.3. The molecule has 0 aliphatic rings. The number of hydrogen-bond donors (Lipinski definition) is 12. The van der Waals surface area contributed by atoms with Crippen LogP contribution in [-0.2, 0) is 40.0 Å². The van der Waals surface area contributed by atoms with Crippen molar-refractivity contribution in [2.24, 2.45) is 28.1 Å². The number of unbranched alkanes of at least 4 members (excludes halogenated alkanes) is 1. The number of aliphatic carboxylic acids is 1. The van der Waals surface area contributed by atoms with Crippen molar-refractivity contribution < 1.29 is 43.8 Å². The third-order valence-electron chi connectivity index (χ3n) is 9.11. The van der Waals surface area contributed by atoms with Gasteiger partial charge in [-0.25, -0.2) is 4.79 Å². The van der Waals surface area contributed by atoms with Crippen molar-refractivity contribution in [3.8, 4) is 0 Å². The summed E-state index contributed by atoms with van der Waals surface area (Å²) in [4.78, 5) is 96.3. The summed E-state index contributed by atoms with van der Waals surface area (Å²) in [7, 11) is 0. The number of aliphatic hydroxyl groups is 1. The van der Waals surface area contributed by atoms with Gasteiger partial charge in [0.15, 0.2) is 5.96 Å². The predicted octanol–water partition coefficient (Wildman–Crippen LogP) is -1.10. The normalized spacial score (nSPS) is 15.1. The van der Waals surface area contributed by atoms with E-state index in [1.54, 1.807) is 0 Å². The maximum atomic E-state index is 13.7. The SMILES string of the molecule is CSCC[C@H](NC(=O)[C@H](CCCCN)NC(=O)[C@@H](NC(=O)[C@H](C)NC(=O)[C@H](CCCN=C(N)N)NC(=O)[C@@H](S)Cc1ccccc1)[C@@H](C)O)C(=O)N[C@@H](CC(C)C)C(=O)O. The second kappa shape index (κ2) is 28.8. The lowest BCUT2D eigenvalue weighted by atomic mass is 10.0. The van der Waals surface area contributed by atoms with E-state index in [2.05, 4.69) is 49.5 Å². The molecule has 60 heavy (non-hydrogen) atoms. The zero-order valence-electron chi connectivity index (χ0n) is 35.1. The number of thiol groups is 1. The topological polar surface area (TPSA) is 323 Å². The van der Waals surface area contributed by atoms with Crippen molar-refractivity contribution in [2.75, 3.05) is 25.1 Å². The Morgan fingerprint density at radius 3 is 1.78 bits per heavy atom. The lowest BCUT2D eigenvalue weighted by Gasteiger charge is -2.28. The molecule has 8 atom stereocenters. The standard InChI is InChI=1S/C39H66N10O9S2/c1-22(2)20-29(38(57)58)48-35(54)28(16-19-60-5)45-34(53)26(14-9-10-17-40)47-37(56)31(24(4)50)49-32(51)23(3)44-33(52)27(15-11-18-43-39(41)42)46-36(55)30(59)21-25-12-7-6-8-13-25/h6-8,12-13,22-24,26-31,50,59H,9-11,14-21,40H2,1-5H3,(H,44,52)(H,45,53)(H,46,55)(H,47,56)(H,48,54)(H,49,51)(H,57,58)(H4,41,42,43)/t23-,24+,26-,27-,28-,29-,30-,31-/m0/s1. The van der Waals surface area contributed by atoms with Gasteiger partial charge in [0.2, 0.25) is 35.4 Å². The molecule has 0 aliphatic carbocycles. The minimum atomic E-state index is -1.59. The van der Waals surface area contributed by atoms with E-state index in [1.165, 1.54) is 25.6 Å². The summed E-state index contributed by atoms with van der Waals surface area (Å²) in [6.07, 6.45) is 2.31. The van der Waals surface area contributed by atoms with Gasteiger partial charge in [-0.15, -0.1) is 0 Å². The fraction of sp³-hybridized carbons (Fsp3) is 0.641. The smallest absolute Gasteiger partial charge is 0.326 e. The molecule has 0 fully saturated rings. The third kappa shape index (κ3) is 21.1. The molecule has 0 aliphatic heterocycles. The molecule has 0 bridgehead atoms. The van der Waals surface area contributed by atoms with Crippen LogP contribution in [0.5, 0.6) is 0 Å². The van der Waals surface area contributed by atoms with Crippen LogP contribution in [0.3, 0.4) is 0 Å². The summed E-state index contributed by atoms with van der Waals surface area (Å²) in [5, 5.41) is 34.8. The van der Waals surface area contributed by atoms with E-state index in [0.29, 0.717) is 31.6 Å². The van der Waals surface area contributed by atoms with Crippen molar-refractivity contribution >= 4 is 71.8 Å². The second-order valence-electron chi connectivity index (χ2n) is 14.9. The Kier molecular flexibility index (Phi) is 25.6. The number of nitrogens with two attached hydrogens (primary N) is 3. The summed E-state index contributed by atoms with van der Waals surface area (Å²) in [5.74, 6) is -5.43. The van der Waals surface area contributed by atoms with E-state index in [0.717, 1.165) is 5.56 Å². The highest BCUT2D eigenvalue weighted by atomic mass is 32.2. The summed E-state index contributed by atoms with van der Waals surface area (Å²) >= 11 is 5.84. The van der Waals surface area contributed by atoms with E-state index in [9.17, 15) is 43.8 Å². The molecular formula is C39H66N10O9S2. The molecular weight excluding hydrogens is 817 g/mol. The molecule has 21 heteroatoms. The number of carbonyl (C=O) groups excluding carboxylic acids is 6. The number of nitrogens with one attached hydrogen (secondary N) is 6. The van der Waals surface area contributed by atoms with Crippen LogP contribution < -0.4 is 49.1 Å². The number of rotatable bonds is 29. The number of carbonyl (C=O) groups is 7. The number of carboxylic acid groups (broad SMARTS) is 1. The maximum Gasteiger partial charge on any atom is 0.326 e. The second-order valence-corrected chi connectivity index (χ2v) is 16.5. The molecule has 1 rings (SSSR count). The van der Waals surface area contributed by atoms with Gasteiger partial charge in [0.05, 0.1) is 11.4 Å². The summed E-state index contributed by atoms with van der Waals surface area (Å²) in [5.41, 5.74) is 17.4. The number of nitrogens with zero attached hydrogens (tertiary/aromatic N) is 1. The molecule has 1 aromatic rings. The first-order valence-electron chi connectivity index (χ1n) is 20.0. The number of amides is 6. The summed E-state index contributed by atoms with van der Waals surface area (Å²) in [6.45, 7) is 6.69. The quantitative estimate of drug-likeness (QED) is 0.0197. The van der Waals surface area contributed by atoms with E-state index >= 15 is 0 Å². The van der Waals surface area contributed by atoms with Crippen molar-refractivity contribution in [3.05, 3.63) is 35.9 Å². The molecule has 0 aromatic heterocycles. The number of guanidine groups is 1. The molecule has 14 N–H and O–H groups in total. The predicted molar refractivity (Wildman–Crippen MR) is 235 cm³/mol. The fourth-order valence-electron chi connectivity index (χ4n) is 5.80. The third-order valence-corrected chi connectivity index (χ3v) is 10.2. The zero-order chi connectivity index (χ0) is 45.4. The van der Waals surface area contributed by atoms with Gasteiger partial charge in [-0.2, -0.15) is 24.4 Å². The van der Waals surface area contributed by atoms with Gasteiger partial charge in [-0.05, 0) is 95.2 Å². The Labute approximate surface area is 362 Å². The summed E-state index contributed by atoms with van der Waals surface area (Å²) in [6, 6.07) is 1.63. The van der Waals surface area contributed by atoms with Gasteiger partial charge in [0, 0.05) is 6.54 Å². The highest BCUT2D eigenvalue weighted by Gasteiger charge is 2.34. The number of hydrogen-bond acceptors (Lipinski definition) is 12. The Balaban J connectivity index is 3.15. The highest BCUT2D eigenvalue weighted by Crippen LogP contribution is 2.11. The average Bonchev–Trinajstić information content (AvgIpc) is 3.18. The number of carboxylic acids is 1. The fourth-order valence-corrected chi connectivity index (χ4v) is 6.56. The molecule has 0 spiro atoms. The number of aliphatic hydroxyl groups excluding tert-OH is 1. The first-order valence-corrected chi connectivity index (χ1v) is 21.9. The monoisotopic (exact) mass is 882 g/mol. The first kappa shape index (κ1) is 53.4. The van der Waals surface area contributed by atoms with Crippen LogP contribution in [0.1, 0.15) is 78.2 Å². The van der Waals surface area contributed by atoms with Gasteiger partial charge in [-0.1, -0.05) is 44.2 Å². The lowest BCUT2D eigenvalue weighted by Crippen LogP contribution is -2.61. The Bertz CT molecular complexity index is 1570. The number of aliphatic imine (C=N–C) groups is 1. The van der Waals surface area contributed by atoms with Crippen LogP contribution in [-0.4, -0.2) is 130 Å². The molecule has 19 nitrogen and oxygen atoms in total. The van der Waals surface area contributed by atoms with Crippen LogP contribution in [0.15, 0.2) is 35.3 Å². The highest BCUT2D eigenvalue weighted by molar-refractivity contribution is 7.98. The largest absolute Gasteiger partial charge is 0.480 e. The van der Waals surface area contributed by atoms with E-state index in [1.807, 2.05) is 50.4 Å². The van der Waals surface area contributed by atoms with Gasteiger partial charge in [0.1, 0.15) is 36.3 Å². The van der Waals surface area contributed by atoms with Crippen molar-refractivity contribution in [1.82, 2.24) is 31.9 Å². The Morgan fingerprint density at radius 2 is 1.25 bits per heavy atom. The van der Waals surface area contributed by atoms with E-state index < -0.39 is 89.0 Å². The van der Waals surface area contributed by atoms with Gasteiger partial charge < -0.3 is 59.3 Å². The molecule has 1 aromatic carbocycles. The van der Waals surface area contributed by atoms with Crippen molar-refractivity contribution in [3.63, 3.8) is 0 Å². The molecule has 0 radical (unpaired) electrons. The number of benzene rings is 1. The van der Waals surface area contributed by atoms with E-state index in [-0.39, 0.29) is 50.5 Å². The molecule has 0 unspecified atom stereocenters. The average molecular weight is 883 g/mol. The van der Waals surface area contributed by atoms with Crippen LogP contribution in [0.25, 0.3) is 0 Å². The van der Waals surface area contributed by atoms with Crippen molar-refractivity contribution in [1.29, 1.82) is 0 Å². The Hall–Kier alpha value is -4.60. The van der Waals surface area contributed by atoms with Gasteiger partial charge >= 0.3 is 5.97 Å². The van der Waals surface area contributed by atoms with E-state index in [4.69, 9.17) is 17.2 Å². The lowest BCUT2D eigenvalue weighted by molar-refractivity contribution is -0.143. The van der Waals surface area contributed by atoms with Gasteiger partial charge in [0.25, 0.3) is 0 Å². The van der Waals surface area contributed by atoms with Crippen LogP contribution in [0.2, 0.25) is 0 Å². The molecule has 338 valence electrons. The minimum absolute atomic E-state index is 0.0385. The van der Waals surface area contributed by atoms with Gasteiger partial charge in [-0.3, -0.25) is 33.8 Å². The Morgan fingerprint density at radius 1 is 0.717 bits per heavy atom. The van der Waals surface area contributed by atoms with Crippen molar-refractivity contribution in [2.45, 2.75) is 127 Å². The maximum absolute atomic E-state index is 13.7. The number of thioether (sulfide) groups is 1.